The van der Waals surface area contributed by atoms with E-state index in [1.54, 1.807) is 12.1 Å². The molecule has 0 saturated heterocycles. The second-order valence-electron chi connectivity index (χ2n) is 4.08. The quantitative estimate of drug-likeness (QED) is 0.480. The predicted molar refractivity (Wildman–Crippen MR) is 73.4 cm³/mol. The molecule has 0 saturated carbocycles. The Labute approximate surface area is 110 Å². The van der Waals surface area contributed by atoms with Crippen LogP contribution in [0.2, 0.25) is 5.02 Å². The van der Waals surface area contributed by atoms with Gasteiger partial charge in [0.1, 0.15) is 0 Å². The van der Waals surface area contributed by atoms with Gasteiger partial charge in [0.2, 0.25) is 11.2 Å². The number of halogens is 1. The molecule has 0 aliphatic carbocycles. The van der Waals surface area contributed by atoms with Crippen molar-refractivity contribution >= 4 is 22.5 Å². The van der Waals surface area contributed by atoms with Crippen molar-refractivity contribution in [1.82, 2.24) is 0 Å². The number of pyridine rings is 1. The summed E-state index contributed by atoms with van der Waals surface area (Å²) in [5, 5.41) is 13.9. The Balaban J connectivity index is 2.24. The Bertz CT molecular complexity index is 707. The molecule has 1 aromatic heterocycles. The Morgan fingerprint density at radius 1 is 0.833 bits per heavy atom. The van der Waals surface area contributed by atoms with Crippen LogP contribution in [0.4, 0.5) is 0 Å². The highest BCUT2D eigenvalue weighted by Gasteiger charge is 2.11. The van der Waals surface area contributed by atoms with Gasteiger partial charge in [-0.25, -0.2) is 0 Å². The number of benzene rings is 2. The van der Waals surface area contributed by atoms with Crippen molar-refractivity contribution in [2.75, 3.05) is 0 Å². The molecule has 0 spiro atoms. The first-order chi connectivity index (χ1) is 8.75. The van der Waals surface area contributed by atoms with Crippen LogP contribution < -0.4 is 4.73 Å². The van der Waals surface area contributed by atoms with Crippen molar-refractivity contribution in [3.63, 3.8) is 0 Å². The normalized spacial score (nSPS) is 10.7. The lowest BCUT2D eigenvalue weighted by Crippen LogP contribution is -2.29. The van der Waals surface area contributed by atoms with E-state index in [1.165, 1.54) is 0 Å². The predicted octanol–water partition coefficient (Wildman–Crippen LogP) is 3.79. The van der Waals surface area contributed by atoms with Gasteiger partial charge in [-0.1, -0.05) is 23.7 Å². The summed E-state index contributed by atoms with van der Waals surface area (Å²) in [4.78, 5) is 0. The first-order valence-corrected chi connectivity index (χ1v) is 6.01. The van der Waals surface area contributed by atoms with Crippen LogP contribution in [0.15, 0.2) is 60.7 Å². The van der Waals surface area contributed by atoms with Gasteiger partial charge < -0.3 is 5.21 Å². The van der Waals surface area contributed by atoms with Crippen LogP contribution in [0.3, 0.4) is 0 Å². The van der Waals surface area contributed by atoms with Crippen LogP contribution in [-0.4, -0.2) is 0 Å². The molecule has 0 aliphatic heterocycles. The number of fused-ring (bicyclic) bond motifs is 1. The zero-order valence-corrected chi connectivity index (χ0v) is 10.3. The van der Waals surface area contributed by atoms with E-state index in [2.05, 4.69) is 0 Å². The van der Waals surface area contributed by atoms with Gasteiger partial charge in [-0.15, -0.1) is 0 Å². The summed E-state index contributed by atoms with van der Waals surface area (Å²) in [6, 6.07) is 18.6. The third-order valence-electron chi connectivity index (χ3n) is 2.94. The molecule has 3 rings (SSSR count). The number of rotatable bonds is 1. The van der Waals surface area contributed by atoms with Crippen molar-refractivity contribution in [1.29, 1.82) is 0 Å². The van der Waals surface area contributed by atoms with E-state index in [-0.39, 0.29) is 0 Å². The third kappa shape index (κ3) is 1.81. The van der Waals surface area contributed by atoms with Gasteiger partial charge in [-0.3, -0.25) is 0 Å². The topological polar surface area (TPSA) is 26.9 Å². The Kier molecular flexibility index (Phi) is 2.65. The van der Waals surface area contributed by atoms with E-state index in [4.69, 9.17) is 11.6 Å². The molecule has 0 atom stereocenters. The minimum Gasteiger partial charge on any atom is -0.618 e. The fourth-order valence-electron chi connectivity index (χ4n) is 2.01. The minimum atomic E-state index is 0.630. The standard InChI is InChI=1S/C15H10ClNO/c16-13-8-5-12(6-9-13)15-10-7-11-3-1-2-4-14(11)17(15)18/h1-10H. The molecule has 18 heavy (non-hydrogen) atoms. The first-order valence-electron chi connectivity index (χ1n) is 5.63. The lowest BCUT2D eigenvalue weighted by molar-refractivity contribution is -0.565. The van der Waals surface area contributed by atoms with Gasteiger partial charge in [0.15, 0.2) is 0 Å². The number of para-hydroxylation sites is 1. The van der Waals surface area contributed by atoms with Crippen LogP contribution in [0.1, 0.15) is 0 Å². The second kappa shape index (κ2) is 4.31. The number of hydrogen-bond donors (Lipinski definition) is 0. The summed E-state index contributed by atoms with van der Waals surface area (Å²) in [5.41, 5.74) is 2.16. The van der Waals surface area contributed by atoms with Gasteiger partial charge in [0.25, 0.3) is 0 Å². The molecule has 0 N–H and O–H groups in total. The van der Waals surface area contributed by atoms with Crippen LogP contribution >= 0.6 is 11.6 Å². The maximum Gasteiger partial charge on any atom is 0.224 e. The number of nitrogens with zero attached hydrogens (tertiary/aromatic N) is 1. The van der Waals surface area contributed by atoms with E-state index in [1.807, 2.05) is 48.5 Å². The summed E-state index contributed by atoms with van der Waals surface area (Å²) in [6.07, 6.45) is 0. The van der Waals surface area contributed by atoms with E-state index >= 15 is 0 Å². The van der Waals surface area contributed by atoms with Crippen molar-refractivity contribution in [3.05, 3.63) is 70.9 Å². The first kappa shape index (κ1) is 11.1. The van der Waals surface area contributed by atoms with Crippen LogP contribution in [0, 0.1) is 5.21 Å². The molecule has 0 unspecified atom stereocenters. The molecule has 2 aromatic carbocycles. The van der Waals surface area contributed by atoms with Crippen molar-refractivity contribution in [3.8, 4) is 11.3 Å². The molecule has 3 heteroatoms. The molecule has 0 aliphatic rings. The Morgan fingerprint density at radius 2 is 1.56 bits per heavy atom. The number of aromatic nitrogens is 1. The smallest absolute Gasteiger partial charge is 0.224 e. The third-order valence-corrected chi connectivity index (χ3v) is 3.19. The van der Waals surface area contributed by atoms with Gasteiger partial charge in [0.05, 0.1) is 0 Å². The molecular formula is C15H10ClNO. The zero-order chi connectivity index (χ0) is 12.5. The van der Waals surface area contributed by atoms with Crippen LogP contribution in [0.25, 0.3) is 22.2 Å². The Hall–Kier alpha value is -2.06. The van der Waals surface area contributed by atoms with E-state index in [0.717, 1.165) is 15.7 Å². The summed E-state index contributed by atoms with van der Waals surface area (Å²) in [6.45, 7) is 0. The molecule has 2 nitrogen and oxygen atoms in total. The fraction of sp³-hybridized carbons (Fsp3) is 0. The average molecular weight is 256 g/mol. The largest absolute Gasteiger partial charge is 0.618 e. The lowest BCUT2D eigenvalue weighted by Gasteiger charge is -2.07. The molecule has 88 valence electrons. The Morgan fingerprint density at radius 3 is 2.33 bits per heavy atom. The maximum absolute atomic E-state index is 12.3. The highest BCUT2D eigenvalue weighted by atomic mass is 35.5. The molecular weight excluding hydrogens is 246 g/mol. The van der Waals surface area contributed by atoms with Gasteiger partial charge in [-0.05, 0) is 36.4 Å². The van der Waals surface area contributed by atoms with Gasteiger partial charge in [0, 0.05) is 28.1 Å². The summed E-state index contributed by atoms with van der Waals surface area (Å²) in [7, 11) is 0. The summed E-state index contributed by atoms with van der Waals surface area (Å²) in [5.74, 6) is 0. The molecule has 0 amide bonds. The maximum atomic E-state index is 12.3. The molecule has 0 radical (unpaired) electrons. The molecule has 3 aromatic rings. The molecule has 1 heterocycles. The van der Waals surface area contributed by atoms with E-state index in [9.17, 15) is 5.21 Å². The summed E-state index contributed by atoms with van der Waals surface area (Å²) < 4.78 is 0.957. The van der Waals surface area contributed by atoms with E-state index in [0.29, 0.717) is 16.2 Å². The zero-order valence-electron chi connectivity index (χ0n) is 9.51. The second-order valence-corrected chi connectivity index (χ2v) is 4.52. The SMILES string of the molecule is [O-][n+]1c(-c2ccc(Cl)cc2)ccc2ccccc21. The van der Waals surface area contributed by atoms with Crippen molar-refractivity contribution < 1.29 is 4.73 Å². The monoisotopic (exact) mass is 255 g/mol. The number of hydrogen-bond acceptors (Lipinski definition) is 1. The fourth-order valence-corrected chi connectivity index (χ4v) is 2.14. The molecule has 0 fully saturated rings. The summed E-state index contributed by atoms with van der Waals surface area (Å²) >= 11 is 5.85. The lowest BCUT2D eigenvalue weighted by atomic mass is 10.1. The minimum absolute atomic E-state index is 0.630. The average Bonchev–Trinajstić information content (AvgIpc) is 2.41. The molecule has 0 bridgehead atoms. The van der Waals surface area contributed by atoms with Crippen LogP contribution in [0.5, 0.6) is 0 Å². The van der Waals surface area contributed by atoms with Crippen molar-refractivity contribution in [2.45, 2.75) is 0 Å². The van der Waals surface area contributed by atoms with E-state index < -0.39 is 0 Å². The highest BCUT2D eigenvalue weighted by Crippen LogP contribution is 2.20. The van der Waals surface area contributed by atoms with Gasteiger partial charge >= 0.3 is 0 Å². The highest BCUT2D eigenvalue weighted by molar-refractivity contribution is 6.30. The van der Waals surface area contributed by atoms with Crippen molar-refractivity contribution in [2.24, 2.45) is 0 Å². The van der Waals surface area contributed by atoms with Gasteiger partial charge in [-0.2, -0.15) is 4.73 Å². The van der Waals surface area contributed by atoms with Crippen LogP contribution in [-0.2, 0) is 0 Å².